The molecule has 0 rings (SSSR count). The highest BCUT2D eigenvalue weighted by molar-refractivity contribution is 14.1. The van der Waals surface area contributed by atoms with E-state index in [0.29, 0.717) is 6.54 Å². The third-order valence-corrected chi connectivity index (χ3v) is 2.02. The Balaban J connectivity index is 2.65. The summed E-state index contributed by atoms with van der Waals surface area (Å²) in [6, 6.07) is 0. The van der Waals surface area contributed by atoms with E-state index in [0.717, 1.165) is 6.54 Å². The first-order chi connectivity index (χ1) is 4.91. The maximum Gasteiger partial charge on any atom is 0.102 e. The van der Waals surface area contributed by atoms with Crippen LogP contribution in [-0.2, 0) is 0 Å². The summed E-state index contributed by atoms with van der Waals surface area (Å²) in [5.41, 5.74) is 0. The number of halogens is 2. The van der Waals surface area contributed by atoms with Crippen LogP contribution < -0.4 is 5.32 Å². The average Bonchev–Trinajstić information content (AvgIpc) is 1.97. The molecule has 0 atom stereocenters. The maximum atomic E-state index is 11.5. The van der Waals surface area contributed by atoms with Crippen molar-refractivity contribution in [1.82, 2.24) is 5.32 Å². The van der Waals surface area contributed by atoms with Gasteiger partial charge in [-0.25, -0.2) is 4.39 Å². The molecule has 0 aromatic rings. The first-order valence-corrected chi connectivity index (χ1v) is 5.27. The van der Waals surface area contributed by atoms with Crippen molar-refractivity contribution in [2.75, 3.05) is 24.2 Å². The summed E-state index contributed by atoms with van der Waals surface area (Å²) in [6.45, 7) is 1.25. The molecule has 0 saturated carbocycles. The lowest BCUT2D eigenvalue weighted by Gasteiger charge is -1.99. The van der Waals surface area contributed by atoms with Gasteiger partial charge >= 0.3 is 0 Å². The van der Waals surface area contributed by atoms with Gasteiger partial charge in [-0.1, -0.05) is 29.0 Å². The van der Waals surface area contributed by atoms with E-state index in [4.69, 9.17) is 0 Å². The van der Waals surface area contributed by atoms with E-state index in [-0.39, 0.29) is 6.67 Å². The summed E-state index contributed by atoms with van der Waals surface area (Å²) in [4.78, 5) is 0. The second-order valence-corrected chi connectivity index (χ2v) is 3.27. The van der Waals surface area contributed by atoms with Gasteiger partial charge in [0.2, 0.25) is 0 Å². The number of hydrogen-bond donors (Lipinski definition) is 1. The number of hydrogen-bond acceptors (Lipinski definition) is 1. The Morgan fingerprint density at radius 1 is 1.10 bits per heavy atom. The molecule has 0 saturated heterocycles. The summed E-state index contributed by atoms with van der Waals surface area (Å²) in [7, 11) is 0. The molecule has 10 heavy (non-hydrogen) atoms. The Hall–Kier alpha value is 0.620. The fourth-order valence-corrected chi connectivity index (χ4v) is 1.25. The average molecular weight is 259 g/mol. The molecule has 0 aliphatic carbocycles. The third-order valence-electron chi connectivity index (χ3n) is 1.26. The lowest BCUT2D eigenvalue weighted by Crippen LogP contribution is -2.17. The monoisotopic (exact) mass is 259 g/mol. The molecule has 1 nitrogen and oxygen atoms in total. The van der Waals surface area contributed by atoms with Crippen LogP contribution in [-0.4, -0.2) is 24.2 Å². The number of unbranched alkanes of at least 4 members (excludes halogenated alkanes) is 2. The molecule has 3 heteroatoms. The Bertz CT molecular complexity index is 53.6. The van der Waals surface area contributed by atoms with Gasteiger partial charge in [0, 0.05) is 6.54 Å². The van der Waals surface area contributed by atoms with Gasteiger partial charge in [0.25, 0.3) is 0 Å². The normalized spacial score (nSPS) is 10.2. The van der Waals surface area contributed by atoms with Crippen LogP contribution in [0.15, 0.2) is 0 Å². The molecule has 0 amide bonds. The van der Waals surface area contributed by atoms with E-state index in [1.807, 2.05) is 0 Å². The predicted octanol–water partition coefficient (Wildman–Crippen LogP) is 2.15. The van der Waals surface area contributed by atoms with Crippen molar-refractivity contribution in [1.29, 1.82) is 0 Å². The fraction of sp³-hybridized carbons (Fsp3) is 1.00. The summed E-state index contributed by atoms with van der Waals surface area (Å²) in [6.07, 6.45) is 3.74. The minimum absolute atomic E-state index is 0.244. The van der Waals surface area contributed by atoms with Gasteiger partial charge in [-0.2, -0.15) is 0 Å². The largest absolute Gasteiger partial charge is 0.314 e. The quantitative estimate of drug-likeness (QED) is 0.419. The molecule has 0 fully saturated rings. The third kappa shape index (κ3) is 8.62. The van der Waals surface area contributed by atoms with Crippen LogP contribution in [0.2, 0.25) is 0 Å². The summed E-state index contributed by atoms with van der Waals surface area (Å²) < 4.78 is 12.7. The smallest absolute Gasteiger partial charge is 0.102 e. The van der Waals surface area contributed by atoms with Gasteiger partial charge in [-0.05, 0) is 23.8 Å². The van der Waals surface area contributed by atoms with E-state index in [1.165, 1.54) is 23.7 Å². The highest BCUT2D eigenvalue weighted by atomic mass is 127. The molecule has 0 aromatic heterocycles. The van der Waals surface area contributed by atoms with E-state index in [2.05, 4.69) is 27.9 Å². The van der Waals surface area contributed by atoms with Crippen LogP contribution in [0.4, 0.5) is 4.39 Å². The van der Waals surface area contributed by atoms with Crippen molar-refractivity contribution in [3.05, 3.63) is 0 Å². The molecular weight excluding hydrogens is 244 g/mol. The molecule has 0 aliphatic rings. The zero-order valence-electron chi connectivity index (χ0n) is 6.21. The minimum Gasteiger partial charge on any atom is -0.314 e. The van der Waals surface area contributed by atoms with Crippen LogP contribution in [0.25, 0.3) is 0 Å². The van der Waals surface area contributed by atoms with Crippen LogP contribution in [0, 0.1) is 0 Å². The van der Waals surface area contributed by atoms with Gasteiger partial charge in [0.15, 0.2) is 0 Å². The van der Waals surface area contributed by atoms with Gasteiger partial charge in [-0.15, -0.1) is 0 Å². The minimum atomic E-state index is -0.244. The lowest BCUT2D eigenvalue weighted by molar-refractivity contribution is 0.463. The van der Waals surface area contributed by atoms with Gasteiger partial charge in [-0.3, -0.25) is 0 Å². The SMILES string of the molecule is FCCNCCCCCI. The Labute approximate surface area is 75.9 Å². The Morgan fingerprint density at radius 2 is 1.90 bits per heavy atom. The molecule has 0 unspecified atom stereocenters. The topological polar surface area (TPSA) is 12.0 Å². The van der Waals surface area contributed by atoms with Crippen molar-refractivity contribution in [2.45, 2.75) is 19.3 Å². The van der Waals surface area contributed by atoms with E-state index in [1.54, 1.807) is 0 Å². The maximum absolute atomic E-state index is 11.5. The Kier molecular flexibility index (Phi) is 10.2. The van der Waals surface area contributed by atoms with Crippen molar-refractivity contribution in [2.24, 2.45) is 0 Å². The van der Waals surface area contributed by atoms with Crippen LogP contribution in [0.3, 0.4) is 0 Å². The van der Waals surface area contributed by atoms with E-state index < -0.39 is 0 Å². The molecule has 0 radical (unpaired) electrons. The Morgan fingerprint density at radius 3 is 2.50 bits per heavy atom. The molecule has 1 N–H and O–H groups in total. The van der Waals surface area contributed by atoms with Gasteiger partial charge < -0.3 is 5.32 Å². The molecule has 0 heterocycles. The van der Waals surface area contributed by atoms with Crippen molar-refractivity contribution in [3.63, 3.8) is 0 Å². The van der Waals surface area contributed by atoms with Crippen LogP contribution in [0.5, 0.6) is 0 Å². The predicted molar refractivity (Wildman–Crippen MR) is 51.6 cm³/mol. The first kappa shape index (κ1) is 10.6. The number of nitrogens with one attached hydrogen (secondary N) is 1. The standard InChI is InChI=1S/C7H15FIN/c8-4-7-10-6-3-1-2-5-9/h10H,1-7H2. The van der Waals surface area contributed by atoms with Gasteiger partial charge in [0.05, 0.1) is 0 Å². The van der Waals surface area contributed by atoms with Crippen LogP contribution >= 0.6 is 22.6 Å². The van der Waals surface area contributed by atoms with Crippen LogP contribution in [0.1, 0.15) is 19.3 Å². The highest BCUT2D eigenvalue weighted by Gasteiger charge is 1.87. The summed E-state index contributed by atoms with van der Waals surface area (Å²) >= 11 is 2.38. The lowest BCUT2D eigenvalue weighted by atomic mass is 10.2. The fourth-order valence-electron chi connectivity index (χ4n) is 0.713. The van der Waals surface area contributed by atoms with E-state index >= 15 is 0 Å². The second kappa shape index (κ2) is 9.62. The van der Waals surface area contributed by atoms with E-state index in [9.17, 15) is 4.39 Å². The molecule has 0 spiro atoms. The molecule has 0 bridgehead atoms. The second-order valence-electron chi connectivity index (χ2n) is 2.19. The summed E-state index contributed by atoms with van der Waals surface area (Å²) in [5.74, 6) is 0. The molecule has 0 aliphatic heterocycles. The molecular formula is C7H15FIN. The zero-order valence-corrected chi connectivity index (χ0v) is 8.36. The summed E-state index contributed by atoms with van der Waals surface area (Å²) in [5, 5.41) is 3.02. The first-order valence-electron chi connectivity index (χ1n) is 3.74. The number of alkyl halides is 2. The van der Waals surface area contributed by atoms with Gasteiger partial charge in [0.1, 0.15) is 6.67 Å². The van der Waals surface area contributed by atoms with Crippen molar-refractivity contribution < 1.29 is 4.39 Å². The zero-order chi connectivity index (χ0) is 7.66. The number of rotatable bonds is 7. The highest BCUT2D eigenvalue weighted by Crippen LogP contribution is 1.96. The molecule has 0 aromatic carbocycles. The van der Waals surface area contributed by atoms with Crippen molar-refractivity contribution in [3.8, 4) is 0 Å². The van der Waals surface area contributed by atoms with Crippen molar-refractivity contribution >= 4 is 22.6 Å². The molecule has 62 valence electrons.